The average molecular weight is 316 g/mol. The highest BCUT2D eigenvalue weighted by Gasteiger charge is 2.28. The molecule has 0 aliphatic carbocycles. The van der Waals surface area contributed by atoms with Gasteiger partial charge in [0.1, 0.15) is 5.82 Å². The summed E-state index contributed by atoms with van der Waals surface area (Å²) in [6.45, 7) is 5.65. The number of non-ortho nitro benzene ring substituents is 1. The SMILES string of the molecule is CC(C)(C)c1c(C(N)=O)cc([N+](=O)[O-])cc1-c1ccc(F)cc1. The van der Waals surface area contributed by atoms with Crippen molar-refractivity contribution in [1.82, 2.24) is 0 Å². The lowest BCUT2D eigenvalue weighted by molar-refractivity contribution is -0.384. The van der Waals surface area contributed by atoms with Crippen molar-refractivity contribution < 1.29 is 14.1 Å². The normalized spacial score (nSPS) is 11.3. The Kier molecular flexibility index (Phi) is 4.18. The van der Waals surface area contributed by atoms with Crippen LogP contribution in [0.1, 0.15) is 36.7 Å². The number of rotatable bonds is 3. The smallest absolute Gasteiger partial charge is 0.270 e. The Bertz CT molecular complexity index is 778. The average Bonchev–Trinajstić information content (AvgIpc) is 2.45. The third-order valence-corrected chi connectivity index (χ3v) is 3.50. The molecule has 120 valence electrons. The zero-order valence-electron chi connectivity index (χ0n) is 13.1. The lowest BCUT2D eigenvalue weighted by atomic mass is 9.78. The van der Waals surface area contributed by atoms with Gasteiger partial charge in [-0.05, 0) is 34.2 Å². The van der Waals surface area contributed by atoms with Crippen molar-refractivity contribution in [3.05, 3.63) is 63.5 Å². The van der Waals surface area contributed by atoms with Crippen LogP contribution in [-0.2, 0) is 5.41 Å². The first-order valence-corrected chi connectivity index (χ1v) is 7.00. The molecule has 0 saturated heterocycles. The molecular formula is C17H17FN2O3. The fraction of sp³-hybridized carbons (Fsp3) is 0.235. The van der Waals surface area contributed by atoms with E-state index in [-0.39, 0.29) is 11.3 Å². The topological polar surface area (TPSA) is 86.2 Å². The van der Waals surface area contributed by atoms with Gasteiger partial charge in [0, 0.05) is 12.1 Å². The van der Waals surface area contributed by atoms with Crippen LogP contribution in [0.15, 0.2) is 36.4 Å². The van der Waals surface area contributed by atoms with Gasteiger partial charge in [-0.25, -0.2) is 4.39 Å². The fourth-order valence-corrected chi connectivity index (χ4v) is 2.59. The molecule has 0 fully saturated rings. The number of nitro groups is 1. The van der Waals surface area contributed by atoms with Gasteiger partial charge in [-0.3, -0.25) is 14.9 Å². The summed E-state index contributed by atoms with van der Waals surface area (Å²) in [7, 11) is 0. The first-order valence-electron chi connectivity index (χ1n) is 7.00. The van der Waals surface area contributed by atoms with Crippen LogP contribution in [0.3, 0.4) is 0 Å². The van der Waals surface area contributed by atoms with E-state index < -0.39 is 22.1 Å². The molecule has 2 aromatic rings. The maximum atomic E-state index is 13.2. The minimum Gasteiger partial charge on any atom is -0.366 e. The van der Waals surface area contributed by atoms with Crippen molar-refractivity contribution in [2.75, 3.05) is 0 Å². The standard InChI is InChI=1S/C17H17FN2O3/c1-17(2,3)15-13(10-4-6-11(18)7-5-10)8-12(20(22)23)9-14(15)16(19)21/h4-9H,1-3H3,(H2,19,21). The summed E-state index contributed by atoms with van der Waals surface area (Å²) in [5, 5.41) is 11.2. The van der Waals surface area contributed by atoms with E-state index in [9.17, 15) is 19.3 Å². The van der Waals surface area contributed by atoms with Crippen molar-refractivity contribution in [2.24, 2.45) is 5.73 Å². The second kappa shape index (κ2) is 5.79. The molecule has 0 spiro atoms. The van der Waals surface area contributed by atoms with E-state index in [0.717, 1.165) is 0 Å². The summed E-state index contributed by atoms with van der Waals surface area (Å²) in [5.41, 5.74) is 6.50. The second-order valence-electron chi connectivity index (χ2n) is 6.29. The van der Waals surface area contributed by atoms with Crippen molar-refractivity contribution in [2.45, 2.75) is 26.2 Å². The van der Waals surface area contributed by atoms with E-state index in [0.29, 0.717) is 16.7 Å². The van der Waals surface area contributed by atoms with Gasteiger partial charge in [0.25, 0.3) is 5.69 Å². The zero-order valence-corrected chi connectivity index (χ0v) is 13.1. The maximum Gasteiger partial charge on any atom is 0.270 e. The summed E-state index contributed by atoms with van der Waals surface area (Å²) in [6.07, 6.45) is 0. The van der Waals surface area contributed by atoms with Gasteiger partial charge < -0.3 is 5.73 Å². The van der Waals surface area contributed by atoms with E-state index in [4.69, 9.17) is 5.73 Å². The molecule has 0 aromatic heterocycles. The molecule has 0 saturated carbocycles. The number of nitrogens with two attached hydrogens (primary N) is 1. The summed E-state index contributed by atoms with van der Waals surface area (Å²) in [5.74, 6) is -1.14. The Morgan fingerprint density at radius 1 is 1.17 bits per heavy atom. The van der Waals surface area contributed by atoms with E-state index >= 15 is 0 Å². The van der Waals surface area contributed by atoms with Gasteiger partial charge in [0.05, 0.1) is 10.5 Å². The molecule has 5 nitrogen and oxygen atoms in total. The van der Waals surface area contributed by atoms with Crippen LogP contribution in [0.25, 0.3) is 11.1 Å². The first-order chi connectivity index (χ1) is 10.6. The van der Waals surface area contributed by atoms with Gasteiger partial charge in [0.15, 0.2) is 0 Å². The van der Waals surface area contributed by atoms with Crippen LogP contribution in [0.4, 0.5) is 10.1 Å². The Hall–Kier alpha value is -2.76. The Balaban J connectivity index is 2.88. The van der Waals surface area contributed by atoms with Crippen LogP contribution in [0, 0.1) is 15.9 Å². The van der Waals surface area contributed by atoms with Crippen LogP contribution < -0.4 is 5.73 Å². The van der Waals surface area contributed by atoms with E-state index in [1.807, 2.05) is 20.8 Å². The summed E-state index contributed by atoms with van der Waals surface area (Å²) in [4.78, 5) is 22.4. The second-order valence-corrected chi connectivity index (χ2v) is 6.29. The Morgan fingerprint density at radius 3 is 2.17 bits per heavy atom. The van der Waals surface area contributed by atoms with Gasteiger partial charge in [-0.2, -0.15) is 0 Å². The van der Waals surface area contributed by atoms with Gasteiger partial charge in [-0.1, -0.05) is 32.9 Å². The summed E-state index contributed by atoms with van der Waals surface area (Å²) in [6, 6.07) is 8.16. The quantitative estimate of drug-likeness (QED) is 0.690. The Labute approximate surface area is 133 Å². The molecule has 0 aliphatic rings. The van der Waals surface area contributed by atoms with Crippen LogP contribution >= 0.6 is 0 Å². The predicted octanol–water partition coefficient (Wildman–Crippen LogP) is 3.80. The number of carbonyl (C=O) groups excluding carboxylic acids is 1. The molecule has 0 bridgehead atoms. The molecule has 6 heteroatoms. The first kappa shape index (κ1) is 16.6. The van der Waals surface area contributed by atoms with Gasteiger partial charge >= 0.3 is 0 Å². The van der Waals surface area contributed by atoms with Crippen LogP contribution in [0.5, 0.6) is 0 Å². The number of nitro benzene ring substituents is 1. The number of amides is 1. The highest BCUT2D eigenvalue weighted by Crippen LogP contribution is 2.38. The number of carbonyl (C=O) groups is 1. The molecule has 0 heterocycles. The molecule has 23 heavy (non-hydrogen) atoms. The number of hydrogen-bond donors (Lipinski definition) is 1. The Morgan fingerprint density at radius 2 is 1.74 bits per heavy atom. The fourth-order valence-electron chi connectivity index (χ4n) is 2.59. The maximum absolute atomic E-state index is 13.2. The van der Waals surface area contributed by atoms with E-state index in [2.05, 4.69) is 0 Å². The number of primary amides is 1. The monoisotopic (exact) mass is 316 g/mol. The molecule has 2 aromatic carbocycles. The molecule has 1 amide bonds. The minimum atomic E-state index is -0.734. The van der Waals surface area contributed by atoms with Gasteiger partial charge in [-0.15, -0.1) is 0 Å². The van der Waals surface area contributed by atoms with E-state index in [1.165, 1.54) is 36.4 Å². The molecule has 2 rings (SSSR count). The largest absolute Gasteiger partial charge is 0.366 e. The third kappa shape index (κ3) is 3.36. The van der Waals surface area contributed by atoms with Crippen molar-refractivity contribution in [1.29, 1.82) is 0 Å². The highest BCUT2D eigenvalue weighted by atomic mass is 19.1. The van der Waals surface area contributed by atoms with Crippen molar-refractivity contribution >= 4 is 11.6 Å². The number of benzene rings is 2. The molecule has 2 N–H and O–H groups in total. The highest BCUT2D eigenvalue weighted by molar-refractivity contribution is 5.98. The lowest BCUT2D eigenvalue weighted by Gasteiger charge is -2.25. The summed E-state index contributed by atoms with van der Waals surface area (Å²) < 4.78 is 13.2. The molecule has 0 aliphatic heterocycles. The minimum absolute atomic E-state index is 0.103. The molecule has 0 radical (unpaired) electrons. The van der Waals surface area contributed by atoms with Crippen molar-refractivity contribution in [3.63, 3.8) is 0 Å². The van der Waals surface area contributed by atoms with Crippen LogP contribution in [0.2, 0.25) is 0 Å². The molecule has 0 unspecified atom stereocenters. The molecular weight excluding hydrogens is 299 g/mol. The third-order valence-electron chi connectivity index (χ3n) is 3.50. The summed E-state index contributed by atoms with van der Waals surface area (Å²) >= 11 is 0. The zero-order chi connectivity index (χ0) is 17.4. The number of hydrogen-bond acceptors (Lipinski definition) is 3. The van der Waals surface area contributed by atoms with E-state index in [1.54, 1.807) is 0 Å². The molecule has 0 atom stereocenters. The van der Waals surface area contributed by atoms with Gasteiger partial charge in [0.2, 0.25) is 5.91 Å². The lowest BCUT2D eigenvalue weighted by Crippen LogP contribution is -2.22. The number of nitrogens with zero attached hydrogens (tertiary/aromatic N) is 1. The van der Waals surface area contributed by atoms with Crippen molar-refractivity contribution in [3.8, 4) is 11.1 Å². The van der Waals surface area contributed by atoms with Crippen LogP contribution in [-0.4, -0.2) is 10.8 Å². The predicted molar refractivity (Wildman–Crippen MR) is 85.7 cm³/mol. The number of halogens is 1.